The highest BCUT2D eigenvalue weighted by Crippen LogP contribution is 2.30. The molecule has 0 saturated heterocycles. The minimum atomic E-state index is 0.0164. The molecule has 128 valence electrons. The predicted molar refractivity (Wildman–Crippen MR) is 103 cm³/mol. The SMILES string of the molecule is O=C(Nc1nc2cccc(-c3ccc(-c4cccs4)cc3)n2n1)C1CC1. The molecule has 1 aromatic carbocycles. The number of fused-ring (bicyclic) bond motifs is 1. The maximum atomic E-state index is 12.0. The fraction of sp³-hybridized carbons (Fsp3) is 0.150. The zero-order chi connectivity index (χ0) is 17.5. The van der Waals surface area contributed by atoms with E-state index in [0.717, 1.165) is 29.7 Å². The summed E-state index contributed by atoms with van der Waals surface area (Å²) in [6.45, 7) is 0. The molecule has 1 N–H and O–H groups in total. The summed E-state index contributed by atoms with van der Waals surface area (Å²) in [7, 11) is 0. The maximum absolute atomic E-state index is 12.0. The second-order valence-electron chi connectivity index (χ2n) is 6.43. The van der Waals surface area contributed by atoms with Crippen LogP contribution in [-0.2, 0) is 4.79 Å². The van der Waals surface area contributed by atoms with Crippen LogP contribution in [0.1, 0.15) is 12.8 Å². The van der Waals surface area contributed by atoms with Crippen LogP contribution in [-0.4, -0.2) is 20.5 Å². The summed E-state index contributed by atoms with van der Waals surface area (Å²) in [5.41, 5.74) is 3.92. The highest BCUT2D eigenvalue weighted by molar-refractivity contribution is 7.13. The number of pyridine rings is 1. The Bertz CT molecular complexity index is 1080. The van der Waals surface area contributed by atoms with Crippen LogP contribution in [0.5, 0.6) is 0 Å². The summed E-state index contributed by atoms with van der Waals surface area (Å²) in [5, 5.41) is 9.39. The Morgan fingerprint density at radius 3 is 2.58 bits per heavy atom. The largest absolute Gasteiger partial charge is 0.293 e. The Morgan fingerprint density at radius 2 is 1.85 bits per heavy atom. The lowest BCUT2D eigenvalue weighted by Gasteiger charge is -2.05. The van der Waals surface area contributed by atoms with E-state index >= 15 is 0 Å². The minimum Gasteiger partial charge on any atom is -0.293 e. The minimum absolute atomic E-state index is 0.0164. The van der Waals surface area contributed by atoms with Crippen molar-refractivity contribution in [3.05, 3.63) is 60.0 Å². The summed E-state index contributed by atoms with van der Waals surface area (Å²) in [6, 6.07) is 18.5. The molecular weight excluding hydrogens is 344 g/mol. The number of nitrogens with one attached hydrogen (secondary N) is 1. The third-order valence-corrected chi connectivity index (χ3v) is 5.45. The summed E-state index contributed by atoms with van der Waals surface area (Å²) < 4.78 is 1.78. The van der Waals surface area contributed by atoms with Gasteiger partial charge in [0.05, 0.1) is 5.69 Å². The number of benzene rings is 1. The van der Waals surface area contributed by atoms with Crippen molar-refractivity contribution in [1.29, 1.82) is 0 Å². The number of amides is 1. The molecule has 1 fully saturated rings. The monoisotopic (exact) mass is 360 g/mol. The molecule has 5 nitrogen and oxygen atoms in total. The molecule has 3 aromatic heterocycles. The number of anilines is 1. The molecule has 1 amide bonds. The Balaban J connectivity index is 1.49. The Hall–Kier alpha value is -2.99. The number of carbonyl (C=O) groups excluding carboxylic acids is 1. The average molecular weight is 360 g/mol. The van der Waals surface area contributed by atoms with Crippen molar-refractivity contribution in [3.8, 4) is 21.7 Å². The van der Waals surface area contributed by atoms with Crippen LogP contribution in [0.3, 0.4) is 0 Å². The fourth-order valence-electron chi connectivity index (χ4n) is 2.98. The topological polar surface area (TPSA) is 59.3 Å². The van der Waals surface area contributed by atoms with Crippen LogP contribution in [0.2, 0.25) is 0 Å². The third kappa shape index (κ3) is 2.78. The van der Waals surface area contributed by atoms with Crippen LogP contribution in [0, 0.1) is 5.92 Å². The fourth-order valence-corrected chi connectivity index (χ4v) is 3.72. The summed E-state index contributed by atoms with van der Waals surface area (Å²) in [5.74, 6) is 0.512. The van der Waals surface area contributed by atoms with E-state index in [9.17, 15) is 4.79 Å². The van der Waals surface area contributed by atoms with Gasteiger partial charge in [-0.25, -0.2) is 4.52 Å². The molecule has 0 unspecified atom stereocenters. The van der Waals surface area contributed by atoms with Crippen LogP contribution < -0.4 is 5.32 Å². The van der Waals surface area contributed by atoms with Crippen molar-refractivity contribution in [2.45, 2.75) is 12.8 Å². The quantitative estimate of drug-likeness (QED) is 0.584. The van der Waals surface area contributed by atoms with Gasteiger partial charge in [0.15, 0.2) is 5.65 Å². The van der Waals surface area contributed by atoms with Gasteiger partial charge in [0, 0.05) is 16.4 Å². The number of carbonyl (C=O) groups is 1. The zero-order valence-electron chi connectivity index (χ0n) is 13.9. The van der Waals surface area contributed by atoms with Crippen molar-refractivity contribution >= 4 is 28.8 Å². The molecule has 0 aliphatic heterocycles. The lowest BCUT2D eigenvalue weighted by molar-refractivity contribution is -0.117. The first kappa shape index (κ1) is 15.3. The van der Waals surface area contributed by atoms with E-state index in [1.165, 1.54) is 10.4 Å². The van der Waals surface area contributed by atoms with Crippen molar-refractivity contribution in [3.63, 3.8) is 0 Å². The molecule has 0 atom stereocenters. The molecule has 4 aromatic rings. The lowest BCUT2D eigenvalue weighted by atomic mass is 10.1. The maximum Gasteiger partial charge on any atom is 0.249 e. The summed E-state index contributed by atoms with van der Waals surface area (Å²) in [6.07, 6.45) is 1.92. The normalized spacial score (nSPS) is 13.8. The Kier molecular flexibility index (Phi) is 3.57. The van der Waals surface area contributed by atoms with Gasteiger partial charge in [0.25, 0.3) is 0 Å². The van der Waals surface area contributed by atoms with Crippen LogP contribution >= 0.6 is 11.3 Å². The van der Waals surface area contributed by atoms with Crippen LogP contribution in [0.15, 0.2) is 60.0 Å². The first-order chi connectivity index (χ1) is 12.8. The van der Waals surface area contributed by atoms with Gasteiger partial charge in [0.1, 0.15) is 0 Å². The van der Waals surface area contributed by atoms with Crippen LogP contribution in [0.4, 0.5) is 5.95 Å². The van der Waals surface area contributed by atoms with Crippen molar-refractivity contribution in [2.75, 3.05) is 5.32 Å². The van der Waals surface area contributed by atoms with Gasteiger partial charge in [-0.05, 0) is 42.0 Å². The van der Waals surface area contributed by atoms with Crippen molar-refractivity contribution < 1.29 is 4.79 Å². The smallest absolute Gasteiger partial charge is 0.249 e. The van der Waals surface area contributed by atoms with Gasteiger partial charge in [-0.15, -0.1) is 16.4 Å². The van der Waals surface area contributed by atoms with E-state index in [1.54, 1.807) is 15.9 Å². The highest BCUT2D eigenvalue weighted by atomic mass is 32.1. The first-order valence-corrected chi connectivity index (χ1v) is 9.47. The molecule has 1 saturated carbocycles. The van der Waals surface area contributed by atoms with Gasteiger partial charge in [-0.2, -0.15) is 4.98 Å². The van der Waals surface area contributed by atoms with E-state index in [0.29, 0.717) is 5.95 Å². The van der Waals surface area contributed by atoms with Gasteiger partial charge in [0.2, 0.25) is 11.9 Å². The number of hydrogen-bond donors (Lipinski definition) is 1. The first-order valence-electron chi connectivity index (χ1n) is 8.59. The molecule has 1 aliphatic rings. The van der Waals surface area contributed by atoms with Gasteiger partial charge >= 0.3 is 0 Å². The molecule has 6 heteroatoms. The second kappa shape index (κ2) is 6.07. The zero-order valence-corrected chi connectivity index (χ0v) is 14.7. The lowest BCUT2D eigenvalue weighted by Crippen LogP contribution is -2.14. The van der Waals surface area contributed by atoms with Gasteiger partial charge < -0.3 is 0 Å². The van der Waals surface area contributed by atoms with E-state index in [4.69, 9.17) is 0 Å². The second-order valence-corrected chi connectivity index (χ2v) is 7.38. The number of aromatic nitrogens is 3. The molecule has 3 heterocycles. The van der Waals surface area contributed by atoms with Crippen molar-refractivity contribution in [2.24, 2.45) is 5.92 Å². The number of rotatable bonds is 4. The Labute approximate surface area is 154 Å². The number of nitrogens with zero attached hydrogens (tertiary/aromatic N) is 3. The van der Waals surface area contributed by atoms with Crippen molar-refractivity contribution in [1.82, 2.24) is 14.6 Å². The molecule has 0 spiro atoms. The van der Waals surface area contributed by atoms with Crippen LogP contribution in [0.25, 0.3) is 27.3 Å². The summed E-state index contributed by atoms with van der Waals surface area (Å²) in [4.78, 5) is 17.6. The molecule has 1 aliphatic carbocycles. The van der Waals surface area contributed by atoms with Gasteiger partial charge in [-0.1, -0.05) is 36.4 Å². The standard InChI is InChI=1S/C20H16N4OS/c25-19(15-10-11-15)22-20-21-18-5-1-3-16(24(18)23-20)13-6-8-14(9-7-13)17-4-2-12-26-17/h1-9,12,15H,10-11H2,(H,22,23,25). The molecule has 0 radical (unpaired) electrons. The average Bonchev–Trinajstić information content (AvgIpc) is 3.22. The van der Waals surface area contributed by atoms with E-state index in [1.807, 2.05) is 18.2 Å². The number of hydrogen-bond acceptors (Lipinski definition) is 4. The highest BCUT2D eigenvalue weighted by Gasteiger charge is 2.30. The molecular formula is C20H16N4OS. The predicted octanol–water partition coefficient (Wildman–Crippen LogP) is 4.47. The third-order valence-electron chi connectivity index (χ3n) is 4.53. The number of thiophene rings is 1. The Morgan fingerprint density at radius 1 is 1.04 bits per heavy atom. The van der Waals surface area contributed by atoms with E-state index in [2.05, 4.69) is 57.2 Å². The molecule has 0 bridgehead atoms. The van der Waals surface area contributed by atoms with Gasteiger partial charge in [-0.3, -0.25) is 10.1 Å². The van der Waals surface area contributed by atoms with E-state index in [-0.39, 0.29) is 11.8 Å². The molecule has 5 rings (SSSR count). The van der Waals surface area contributed by atoms with E-state index < -0.39 is 0 Å². The summed E-state index contributed by atoms with van der Waals surface area (Å²) >= 11 is 1.73. The molecule has 26 heavy (non-hydrogen) atoms.